The Labute approximate surface area is 188 Å². The summed E-state index contributed by atoms with van der Waals surface area (Å²) in [6, 6.07) is 16.1. The van der Waals surface area contributed by atoms with Crippen molar-refractivity contribution in [3.05, 3.63) is 70.8 Å². The van der Waals surface area contributed by atoms with E-state index in [4.69, 9.17) is 0 Å². The molecule has 2 aromatic carbocycles. The number of carbonyl (C=O) groups excluding carboxylic acids is 2. The maximum atomic E-state index is 13.2. The van der Waals surface area contributed by atoms with E-state index in [-0.39, 0.29) is 11.8 Å². The number of hydrogen-bond donors (Lipinski definition) is 1. The fraction of sp³-hybridized carbons (Fsp3) is 0.481. The number of aryl methyl sites for hydroxylation is 2. The molecule has 0 spiro atoms. The van der Waals surface area contributed by atoms with Crippen LogP contribution in [0.3, 0.4) is 0 Å². The van der Waals surface area contributed by atoms with E-state index in [1.54, 1.807) is 4.90 Å². The molecular formula is C27H38N2O2. The molecule has 31 heavy (non-hydrogen) atoms. The molecule has 0 bridgehead atoms. The van der Waals surface area contributed by atoms with Crippen molar-refractivity contribution in [3.63, 3.8) is 0 Å². The lowest BCUT2D eigenvalue weighted by molar-refractivity contribution is -0.140. The maximum Gasteiger partial charge on any atom is 0.242 e. The predicted molar refractivity (Wildman–Crippen MR) is 128 cm³/mol. The first kappa shape index (κ1) is 24.6. The van der Waals surface area contributed by atoms with Crippen LogP contribution in [0.4, 0.5) is 0 Å². The van der Waals surface area contributed by atoms with E-state index in [0.717, 1.165) is 16.7 Å². The quantitative estimate of drug-likeness (QED) is 0.569. The minimum Gasteiger partial charge on any atom is -0.354 e. The van der Waals surface area contributed by atoms with E-state index >= 15 is 0 Å². The summed E-state index contributed by atoms with van der Waals surface area (Å²) in [5, 5.41) is 2.97. The van der Waals surface area contributed by atoms with Crippen molar-refractivity contribution < 1.29 is 9.59 Å². The number of nitrogens with one attached hydrogen (secondary N) is 1. The zero-order valence-corrected chi connectivity index (χ0v) is 19.9. The minimum absolute atomic E-state index is 0.00152. The van der Waals surface area contributed by atoms with Crippen molar-refractivity contribution in [1.82, 2.24) is 10.2 Å². The minimum atomic E-state index is -0.518. The molecule has 1 atom stereocenters. The van der Waals surface area contributed by atoms with Gasteiger partial charge in [-0.05, 0) is 48.8 Å². The Balaban J connectivity index is 2.11. The molecule has 2 aromatic rings. The lowest BCUT2D eigenvalue weighted by Crippen LogP contribution is -2.48. The fourth-order valence-corrected chi connectivity index (χ4v) is 3.51. The second-order valence-corrected chi connectivity index (χ2v) is 9.22. The van der Waals surface area contributed by atoms with Crippen molar-refractivity contribution >= 4 is 11.8 Å². The summed E-state index contributed by atoms with van der Waals surface area (Å²) in [6.07, 6.45) is 1.05. The second kappa shape index (κ2) is 11.7. The molecule has 0 aliphatic heterocycles. The zero-order valence-electron chi connectivity index (χ0n) is 19.9. The molecule has 2 rings (SSSR count). The van der Waals surface area contributed by atoms with Crippen LogP contribution in [0.2, 0.25) is 0 Å². The average Bonchev–Trinajstić information content (AvgIpc) is 2.74. The molecule has 4 nitrogen and oxygen atoms in total. The highest BCUT2D eigenvalue weighted by Gasteiger charge is 2.26. The highest BCUT2D eigenvalue weighted by molar-refractivity contribution is 5.87. The van der Waals surface area contributed by atoms with Gasteiger partial charge in [-0.25, -0.2) is 0 Å². The standard InChI is InChI=1S/C27H38N2O2/c1-19(2)17-28-27(31)22(6)29(18-24-9-7-8-21(5)16-24)26(30)15-12-23-10-13-25(14-11-23)20(3)4/h7-11,13-14,16,19-20,22H,12,15,17-18H2,1-6H3,(H,28,31)/t22-/m1/s1. The molecule has 4 heteroatoms. The van der Waals surface area contributed by atoms with Gasteiger partial charge >= 0.3 is 0 Å². The van der Waals surface area contributed by atoms with Crippen LogP contribution in [0.1, 0.15) is 69.2 Å². The zero-order chi connectivity index (χ0) is 23.0. The molecule has 1 N–H and O–H groups in total. The molecular weight excluding hydrogens is 384 g/mol. The summed E-state index contributed by atoms with van der Waals surface area (Å²) in [6.45, 7) is 13.4. The Kier molecular flexibility index (Phi) is 9.29. The molecule has 0 heterocycles. The summed E-state index contributed by atoms with van der Waals surface area (Å²) in [5.41, 5.74) is 4.63. The van der Waals surface area contributed by atoms with E-state index in [1.165, 1.54) is 5.56 Å². The van der Waals surface area contributed by atoms with Crippen LogP contribution in [0.5, 0.6) is 0 Å². The van der Waals surface area contributed by atoms with Crippen LogP contribution in [0, 0.1) is 12.8 Å². The van der Waals surface area contributed by atoms with Crippen molar-refractivity contribution in [2.75, 3.05) is 6.54 Å². The molecule has 0 radical (unpaired) electrons. The number of benzene rings is 2. The maximum absolute atomic E-state index is 13.2. The van der Waals surface area contributed by atoms with Crippen LogP contribution in [0.15, 0.2) is 48.5 Å². The topological polar surface area (TPSA) is 49.4 Å². The number of amides is 2. The molecule has 0 unspecified atom stereocenters. The van der Waals surface area contributed by atoms with Gasteiger partial charge in [-0.15, -0.1) is 0 Å². The molecule has 0 aliphatic rings. The van der Waals surface area contributed by atoms with Gasteiger partial charge in [-0.3, -0.25) is 9.59 Å². The third kappa shape index (κ3) is 7.86. The van der Waals surface area contributed by atoms with Crippen molar-refractivity contribution in [3.8, 4) is 0 Å². The van der Waals surface area contributed by atoms with Gasteiger partial charge in [0.2, 0.25) is 11.8 Å². The van der Waals surface area contributed by atoms with Crippen LogP contribution >= 0.6 is 0 Å². The van der Waals surface area contributed by atoms with Crippen LogP contribution in [0.25, 0.3) is 0 Å². The third-order valence-electron chi connectivity index (χ3n) is 5.56. The van der Waals surface area contributed by atoms with Crippen molar-refractivity contribution in [1.29, 1.82) is 0 Å². The van der Waals surface area contributed by atoms with E-state index in [9.17, 15) is 9.59 Å². The molecule has 0 aromatic heterocycles. The van der Waals surface area contributed by atoms with Gasteiger partial charge in [0.15, 0.2) is 0 Å². The summed E-state index contributed by atoms with van der Waals surface area (Å²) in [4.78, 5) is 27.6. The third-order valence-corrected chi connectivity index (χ3v) is 5.56. The molecule has 0 saturated carbocycles. The highest BCUT2D eigenvalue weighted by Crippen LogP contribution is 2.17. The molecule has 168 valence electrons. The molecule has 0 saturated heterocycles. The fourth-order valence-electron chi connectivity index (χ4n) is 3.51. The van der Waals surface area contributed by atoms with Gasteiger partial charge in [0.25, 0.3) is 0 Å². The highest BCUT2D eigenvalue weighted by atomic mass is 16.2. The Hall–Kier alpha value is -2.62. The van der Waals surface area contributed by atoms with Gasteiger partial charge in [0.05, 0.1) is 0 Å². The van der Waals surface area contributed by atoms with Gasteiger partial charge in [-0.1, -0.05) is 81.8 Å². The lowest BCUT2D eigenvalue weighted by atomic mass is 10.00. The number of nitrogens with zero attached hydrogens (tertiary/aromatic N) is 1. The van der Waals surface area contributed by atoms with E-state index in [2.05, 4.69) is 63.3 Å². The predicted octanol–water partition coefficient (Wildman–Crippen LogP) is 5.24. The summed E-state index contributed by atoms with van der Waals surface area (Å²) in [7, 11) is 0. The molecule has 0 fully saturated rings. The van der Waals surface area contributed by atoms with Gasteiger partial charge < -0.3 is 10.2 Å². The van der Waals surface area contributed by atoms with Crippen LogP contribution in [-0.4, -0.2) is 29.3 Å². The first-order valence-electron chi connectivity index (χ1n) is 11.4. The second-order valence-electron chi connectivity index (χ2n) is 9.22. The van der Waals surface area contributed by atoms with E-state index < -0.39 is 6.04 Å². The van der Waals surface area contributed by atoms with Crippen molar-refractivity contribution in [2.45, 2.75) is 72.9 Å². The summed E-state index contributed by atoms with van der Waals surface area (Å²) in [5.74, 6) is 0.759. The summed E-state index contributed by atoms with van der Waals surface area (Å²) < 4.78 is 0. The number of hydrogen-bond acceptors (Lipinski definition) is 2. The monoisotopic (exact) mass is 422 g/mol. The van der Waals surface area contributed by atoms with Crippen molar-refractivity contribution in [2.24, 2.45) is 5.92 Å². The van der Waals surface area contributed by atoms with E-state index in [0.29, 0.717) is 37.8 Å². The van der Waals surface area contributed by atoms with Gasteiger partial charge in [-0.2, -0.15) is 0 Å². The largest absolute Gasteiger partial charge is 0.354 e. The molecule has 2 amide bonds. The average molecular weight is 423 g/mol. The number of carbonyl (C=O) groups is 2. The van der Waals surface area contributed by atoms with Crippen LogP contribution in [-0.2, 0) is 22.6 Å². The molecule has 0 aliphatic carbocycles. The summed E-state index contributed by atoms with van der Waals surface area (Å²) >= 11 is 0. The first-order valence-corrected chi connectivity index (χ1v) is 11.4. The Morgan fingerprint density at radius 2 is 1.61 bits per heavy atom. The Morgan fingerprint density at radius 1 is 0.935 bits per heavy atom. The van der Waals surface area contributed by atoms with Gasteiger partial charge in [0.1, 0.15) is 6.04 Å². The van der Waals surface area contributed by atoms with E-state index in [1.807, 2.05) is 32.0 Å². The lowest BCUT2D eigenvalue weighted by Gasteiger charge is -2.29. The normalized spacial score (nSPS) is 12.1. The Morgan fingerprint density at radius 3 is 2.19 bits per heavy atom. The van der Waals surface area contributed by atoms with Crippen LogP contribution < -0.4 is 5.32 Å². The van der Waals surface area contributed by atoms with Gasteiger partial charge in [0, 0.05) is 19.5 Å². The smallest absolute Gasteiger partial charge is 0.242 e. The first-order chi connectivity index (χ1) is 14.7. The number of rotatable bonds is 10. The SMILES string of the molecule is Cc1cccc(CN(C(=O)CCc2ccc(C(C)C)cc2)[C@H](C)C(=O)NCC(C)C)c1. The Bertz CT molecular complexity index is 856.